The molecule has 0 saturated carbocycles. The highest BCUT2D eigenvalue weighted by Gasteiger charge is 2.01. The van der Waals surface area contributed by atoms with Gasteiger partial charge in [-0.15, -0.1) is 0 Å². The average molecular weight is 377 g/mol. The molecule has 0 bridgehead atoms. The Bertz CT molecular complexity index is 840. The number of anilines is 1. The molecule has 1 N–H and O–H groups in total. The van der Waals surface area contributed by atoms with Crippen LogP contribution in [0.5, 0.6) is 0 Å². The second kappa shape index (κ2) is 8.27. The van der Waals surface area contributed by atoms with Gasteiger partial charge in [0.2, 0.25) is 0 Å². The zero-order chi connectivity index (χ0) is 16.6. The van der Waals surface area contributed by atoms with Gasteiger partial charge >= 0.3 is 0 Å². The van der Waals surface area contributed by atoms with Crippen molar-refractivity contribution >= 4 is 33.4 Å². The fourth-order valence-corrected chi connectivity index (χ4v) is 2.59. The Balaban J connectivity index is 1.89. The first-order valence-electron chi connectivity index (χ1n) is 7.70. The van der Waals surface area contributed by atoms with Crippen LogP contribution in [0.3, 0.4) is 0 Å². The molecule has 0 saturated heterocycles. The Kier molecular flexibility index (Phi) is 5.59. The smallest absolute Gasteiger partial charge is 0.0905 e. The molecule has 24 heavy (non-hydrogen) atoms. The van der Waals surface area contributed by atoms with Gasteiger partial charge in [-0.2, -0.15) is 5.10 Å². The number of hydrazone groups is 1. The lowest BCUT2D eigenvalue weighted by Gasteiger charge is -2.06. The van der Waals surface area contributed by atoms with E-state index in [4.69, 9.17) is 0 Å². The van der Waals surface area contributed by atoms with E-state index in [2.05, 4.69) is 56.8 Å². The minimum absolute atomic E-state index is 0.871. The summed E-state index contributed by atoms with van der Waals surface area (Å²) in [5, 5.41) is 4.59. The van der Waals surface area contributed by atoms with Gasteiger partial charge in [0.05, 0.1) is 11.4 Å². The van der Waals surface area contributed by atoms with Gasteiger partial charge in [-0.3, -0.25) is 5.43 Å². The fourth-order valence-electron chi connectivity index (χ4n) is 2.22. The first-order valence-corrected chi connectivity index (χ1v) is 8.49. The maximum Gasteiger partial charge on any atom is 0.0905 e. The first-order chi connectivity index (χ1) is 11.8. The number of allylic oxidation sites excluding steroid dienone is 1. The van der Waals surface area contributed by atoms with E-state index in [9.17, 15) is 0 Å². The zero-order valence-electron chi connectivity index (χ0n) is 13.1. The largest absolute Gasteiger partial charge is 0.277 e. The third-order valence-corrected chi connectivity index (χ3v) is 4.16. The molecule has 0 spiro atoms. The summed E-state index contributed by atoms with van der Waals surface area (Å²) in [5.74, 6) is 0. The Morgan fingerprint density at radius 3 is 2.12 bits per heavy atom. The molecule has 0 aliphatic carbocycles. The monoisotopic (exact) mass is 376 g/mol. The minimum Gasteiger partial charge on any atom is -0.277 e. The van der Waals surface area contributed by atoms with Gasteiger partial charge in [0, 0.05) is 10.0 Å². The van der Waals surface area contributed by atoms with Gasteiger partial charge in [0.15, 0.2) is 0 Å². The Labute approximate surface area is 150 Å². The number of nitrogens with zero attached hydrogens (tertiary/aromatic N) is 1. The summed E-state index contributed by atoms with van der Waals surface area (Å²) in [6, 6.07) is 28.3. The molecule has 0 aliphatic rings. The van der Waals surface area contributed by atoms with Gasteiger partial charge in [0.1, 0.15) is 0 Å². The number of hydrogen-bond donors (Lipinski definition) is 1. The SMILES string of the molecule is Brc1ccccc1N/N=C(/C=C/c1ccccc1)c1ccccc1. The van der Waals surface area contributed by atoms with Gasteiger partial charge < -0.3 is 0 Å². The van der Waals surface area contributed by atoms with Crippen molar-refractivity contribution < 1.29 is 0 Å². The number of benzene rings is 3. The Hall–Kier alpha value is -2.65. The van der Waals surface area contributed by atoms with Crippen LogP contribution in [0.4, 0.5) is 5.69 Å². The van der Waals surface area contributed by atoms with Crippen molar-refractivity contribution in [3.05, 3.63) is 107 Å². The zero-order valence-corrected chi connectivity index (χ0v) is 14.6. The van der Waals surface area contributed by atoms with Crippen LogP contribution in [-0.4, -0.2) is 5.71 Å². The molecule has 0 aliphatic heterocycles. The molecule has 0 atom stereocenters. The standard InChI is InChI=1S/C21H17BrN2/c22-19-13-7-8-14-21(19)24-23-20(18-11-5-2-6-12-18)16-15-17-9-3-1-4-10-17/h1-16,24H/b16-15+,23-20-. The molecular formula is C21H17BrN2. The number of hydrogen-bond acceptors (Lipinski definition) is 2. The third kappa shape index (κ3) is 4.43. The van der Waals surface area contributed by atoms with E-state index >= 15 is 0 Å². The molecule has 0 amide bonds. The van der Waals surface area contributed by atoms with Gasteiger partial charge in [-0.05, 0) is 39.7 Å². The van der Waals surface area contributed by atoms with Crippen molar-refractivity contribution in [1.29, 1.82) is 0 Å². The summed E-state index contributed by atoms with van der Waals surface area (Å²) in [6.45, 7) is 0. The van der Waals surface area contributed by atoms with Crippen molar-refractivity contribution in [3.8, 4) is 0 Å². The van der Waals surface area contributed by atoms with E-state index in [0.29, 0.717) is 0 Å². The normalized spacial score (nSPS) is 11.6. The highest BCUT2D eigenvalue weighted by atomic mass is 79.9. The van der Waals surface area contributed by atoms with Crippen LogP contribution >= 0.6 is 15.9 Å². The van der Waals surface area contributed by atoms with Crippen LogP contribution in [0.25, 0.3) is 6.08 Å². The summed E-state index contributed by atoms with van der Waals surface area (Å²) in [6.07, 6.45) is 4.09. The summed E-state index contributed by atoms with van der Waals surface area (Å²) in [4.78, 5) is 0. The van der Waals surface area contributed by atoms with Crippen LogP contribution in [0.1, 0.15) is 11.1 Å². The van der Waals surface area contributed by atoms with Crippen LogP contribution < -0.4 is 5.43 Å². The molecule has 3 rings (SSSR count). The summed E-state index contributed by atoms with van der Waals surface area (Å²) >= 11 is 3.53. The van der Waals surface area contributed by atoms with Crippen LogP contribution in [0.2, 0.25) is 0 Å². The van der Waals surface area contributed by atoms with Crippen molar-refractivity contribution in [1.82, 2.24) is 0 Å². The predicted octanol–water partition coefficient (Wildman–Crippen LogP) is 5.98. The van der Waals surface area contributed by atoms with E-state index in [1.54, 1.807) is 0 Å². The van der Waals surface area contributed by atoms with Crippen LogP contribution in [0.15, 0.2) is 101 Å². The van der Waals surface area contributed by atoms with E-state index in [-0.39, 0.29) is 0 Å². The molecule has 2 nitrogen and oxygen atoms in total. The first kappa shape index (κ1) is 16.2. The van der Waals surface area contributed by atoms with Gasteiger partial charge in [-0.25, -0.2) is 0 Å². The molecule has 0 heterocycles. The number of nitrogens with one attached hydrogen (secondary N) is 1. The number of halogens is 1. The molecule has 118 valence electrons. The van der Waals surface area contributed by atoms with E-state index in [1.807, 2.05) is 66.7 Å². The highest BCUT2D eigenvalue weighted by molar-refractivity contribution is 9.10. The lowest BCUT2D eigenvalue weighted by Crippen LogP contribution is -2.01. The summed E-state index contributed by atoms with van der Waals surface area (Å²) in [7, 11) is 0. The quantitative estimate of drug-likeness (QED) is 0.429. The average Bonchev–Trinajstić information content (AvgIpc) is 2.65. The van der Waals surface area contributed by atoms with Crippen molar-refractivity contribution in [3.63, 3.8) is 0 Å². The topological polar surface area (TPSA) is 24.4 Å². The maximum absolute atomic E-state index is 4.59. The highest BCUT2D eigenvalue weighted by Crippen LogP contribution is 2.21. The summed E-state index contributed by atoms with van der Waals surface area (Å²) < 4.78 is 0.980. The second-order valence-electron chi connectivity index (χ2n) is 5.20. The predicted molar refractivity (Wildman–Crippen MR) is 106 cm³/mol. The van der Waals surface area contributed by atoms with E-state index in [0.717, 1.165) is 27.0 Å². The molecule has 3 aromatic carbocycles. The second-order valence-corrected chi connectivity index (χ2v) is 6.05. The Morgan fingerprint density at radius 1 is 0.792 bits per heavy atom. The van der Waals surface area contributed by atoms with Crippen molar-refractivity contribution in [2.75, 3.05) is 5.43 Å². The molecule has 0 fully saturated rings. The molecule has 0 aromatic heterocycles. The third-order valence-electron chi connectivity index (χ3n) is 3.47. The van der Waals surface area contributed by atoms with Crippen LogP contribution in [0, 0.1) is 0 Å². The van der Waals surface area contributed by atoms with Gasteiger partial charge in [0.25, 0.3) is 0 Å². The lowest BCUT2D eigenvalue weighted by molar-refractivity contribution is 1.32. The molecule has 3 aromatic rings. The lowest BCUT2D eigenvalue weighted by atomic mass is 10.1. The number of rotatable bonds is 5. The molecule has 0 radical (unpaired) electrons. The number of para-hydroxylation sites is 1. The van der Waals surface area contributed by atoms with Crippen molar-refractivity contribution in [2.24, 2.45) is 5.10 Å². The fraction of sp³-hybridized carbons (Fsp3) is 0. The minimum atomic E-state index is 0.871. The Morgan fingerprint density at radius 2 is 1.42 bits per heavy atom. The summed E-state index contributed by atoms with van der Waals surface area (Å²) in [5.41, 5.74) is 7.14. The molecular weight excluding hydrogens is 360 g/mol. The maximum atomic E-state index is 4.59. The van der Waals surface area contributed by atoms with Crippen LogP contribution in [-0.2, 0) is 0 Å². The van der Waals surface area contributed by atoms with Gasteiger partial charge in [-0.1, -0.05) is 78.9 Å². The molecule has 0 unspecified atom stereocenters. The van der Waals surface area contributed by atoms with E-state index in [1.165, 1.54) is 0 Å². The van der Waals surface area contributed by atoms with E-state index < -0.39 is 0 Å². The van der Waals surface area contributed by atoms with Crippen molar-refractivity contribution in [2.45, 2.75) is 0 Å². The molecule has 3 heteroatoms.